The largest absolute Gasteiger partial charge is 0.493 e. The highest BCUT2D eigenvalue weighted by Crippen LogP contribution is 2.29. The molecule has 1 aromatic heterocycles. The molecule has 1 aromatic carbocycles. The molecule has 1 heterocycles. The van der Waals surface area contributed by atoms with Gasteiger partial charge in [0, 0.05) is 10.4 Å². The molecule has 0 fully saturated rings. The van der Waals surface area contributed by atoms with E-state index >= 15 is 0 Å². The van der Waals surface area contributed by atoms with Gasteiger partial charge in [-0.15, -0.1) is 11.3 Å². The minimum absolute atomic E-state index is 0.108. The maximum atomic E-state index is 12.3. The molecule has 0 aliphatic heterocycles. The second-order valence-electron chi connectivity index (χ2n) is 4.41. The van der Waals surface area contributed by atoms with Crippen LogP contribution in [-0.4, -0.2) is 20.1 Å². The molecule has 1 amide bonds. The average molecular weight is 326 g/mol. The number of carbonyl (C=O) groups is 1. The molecule has 0 bridgehead atoms. The Morgan fingerprint density at radius 3 is 2.48 bits per heavy atom. The predicted molar refractivity (Wildman–Crippen MR) is 84.8 cm³/mol. The molecule has 0 spiro atoms. The molecule has 6 heteroatoms. The standard InChI is InChI=1S/C15H16ClNO3S/c1-9(13-6-7-14(16)21-13)17-15(18)10-4-5-11(19-2)12(8-10)20-3/h4-9H,1-3H3,(H,17,18). The van der Waals surface area contributed by atoms with Crippen molar-refractivity contribution in [3.05, 3.63) is 45.1 Å². The molecule has 1 unspecified atom stereocenters. The lowest BCUT2D eigenvalue weighted by Crippen LogP contribution is -2.26. The van der Waals surface area contributed by atoms with E-state index in [0.29, 0.717) is 21.4 Å². The number of halogens is 1. The molecule has 112 valence electrons. The summed E-state index contributed by atoms with van der Waals surface area (Å²) in [6.07, 6.45) is 0. The van der Waals surface area contributed by atoms with Crippen LogP contribution in [0.15, 0.2) is 30.3 Å². The molecule has 0 aliphatic rings. The number of ether oxygens (including phenoxy) is 2. The lowest BCUT2D eigenvalue weighted by molar-refractivity contribution is 0.0940. The van der Waals surface area contributed by atoms with E-state index in [0.717, 1.165) is 4.88 Å². The van der Waals surface area contributed by atoms with Gasteiger partial charge in [0.05, 0.1) is 24.6 Å². The summed E-state index contributed by atoms with van der Waals surface area (Å²) >= 11 is 7.36. The van der Waals surface area contributed by atoms with Gasteiger partial charge in [-0.05, 0) is 37.3 Å². The highest BCUT2D eigenvalue weighted by molar-refractivity contribution is 7.16. The number of hydrogen-bond acceptors (Lipinski definition) is 4. The highest BCUT2D eigenvalue weighted by atomic mass is 35.5. The molecular formula is C15H16ClNO3S. The Morgan fingerprint density at radius 2 is 1.90 bits per heavy atom. The van der Waals surface area contributed by atoms with Gasteiger partial charge in [0.25, 0.3) is 5.91 Å². The smallest absolute Gasteiger partial charge is 0.251 e. The van der Waals surface area contributed by atoms with Crippen LogP contribution >= 0.6 is 22.9 Å². The van der Waals surface area contributed by atoms with Crippen molar-refractivity contribution < 1.29 is 14.3 Å². The second kappa shape index (κ2) is 6.83. The summed E-state index contributed by atoms with van der Waals surface area (Å²) in [4.78, 5) is 13.3. The van der Waals surface area contributed by atoms with Crippen molar-refractivity contribution in [1.29, 1.82) is 0 Å². The lowest BCUT2D eigenvalue weighted by atomic mass is 10.1. The van der Waals surface area contributed by atoms with Gasteiger partial charge in [-0.2, -0.15) is 0 Å². The van der Waals surface area contributed by atoms with E-state index in [1.165, 1.54) is 18.4 Å². The van der Waals surface area contributed by atoms with Crippen molar-refractivity contribution in [3.63, 3.8) is 0 Å². The molecule has 21 heavy (non-hydrogen) atoms. The summed E-state index contributed by atoms with van der Waals surface area (Å²) in [6, 6.07) is 8.68. The fraction of sp³-hybridized carbons (Fsp3) is 0.267. The third-order valence-corrected chi connectivity index (χ3v) is 4.43. The van der Waals surface area contributed by atoms with Crippen LogP contribution in [0.25, 0.3) is 0 Å². The zero-order valence-corrected chi connectivity index (χ0v) is 13.5. The molecule has 4 nitrogen and oxygen atoms in total. The fourth-order valence-electron chi connectivity index (χ4n) is 1.89. The first-order valence-electron chi connectivity index (χ1n) is 6.33. The van der Waals surface area contributed by atoms with Crippen LogP contribution in [0.5, 0.6) is 11.5 Å². The zero-order valence-electron chi connectivity index (χ0n) is 12.0. The van der Waals surface area contributed by atoms with Gasteiger partial charge in [0.1, 0.15) is 0 Å². The number of rotatable bonds is 5. The summed E-state index contributed by atoms with van der Waals surface area (Å²) in [6.45, 7) is 1.92. The van der Waals surface area contributed by atoms with E-state index in [-0.39, 0.29) is 11.9 Å². The molecule has 1 atom stereocenters. The van der Waals surface area contributed by atoms with Gasteiger partial charge >= 0.3 is 0 Å². The molecule has 0 aliphatic carbocycles. The van der Waals surface area contributed by atoms with Crippen LogP contribution in [0.2, 0.25) is 4.34 Å². The van der Waals surface area contributed by atoms with Crippen molar-refractivity contribution in [2.75, 3.05) is 14.2 Å². The van der Waals surface area contributed by atoms with Crippen LogP contribution in [0.3, 0.4) is 0 Å². The molecule has 0 saturated carbocycles. The van der Waals surface area contributed by atoms with E-state index in [1.54, 1.807) is 25.3 Å². The van der Waals surface area contributed by atoms with E-state index in [9.17, 15) is 4.79 Å². The number of carbonyl (C=O) groups excluding carboxylic acids is 1. The normalized spacial score (nSPS) is 11.8. The number of thiophene rings is 1. The molecule has 0 saturated heterocycles. The Morgan fingerprint density at radius 1 is 1.19 bits per heavy atom. The summed E-state index contributed by atoms with van der Waals surface area (Å²) in [5.41, 5.74) is 0.516. The maximum absolute atomic E-state index is 12.3. The Labute approximate surface area is 132 Å². The first-order chi connectivity index (χ1) is 10.0. The number of nitrogens with one attached hydrogen (secondary N) is 1. The van der Waals surface area contributed by atoms with Crippen molar-refractivity contribution in [3.8, 4) is 11.5 Å². The van der Waals surface area contributed by atoms with Crippen molar-refractivity contribution >= 4 is 28.8 Å². The van der Waals surface area contributed by atoms with Crippen LogP contribution in [0.4, 0.5) is 0 Å². The van der Waals surface area contributed by atoms with Crippen LogP contribution in [-0.2, 0) is 0 Å². The predicted octanol–water partition coefficient (Wildman–Crippen LogP) is 3.91. The van der Waals surface area contributed by atoms with Gasteiger partial charge in [0.15, 0.2) is 11.5 Å². The quantitative estimate of drug-likeness (QED) is 0.906. The monoisotopic (exact) mass is 325 g/mol. The van der Waals surface area contributed by atoms with Gasteiger partial charge in [-0.1, -0.05) is 11.6 Å². The topological polar surface area (TPSA) is 47.6 Å². The van der Waals surface area contributed by atoms with E-state index < -0.39 is 0 Å². The second-order valence-corrected chi connectivity index (χ2v) is 6.15. The van der Waals surface area contributed by atoms with Gasteiger partial charge in [-0.25, -0.2) is 0 Å². The Kier molecular flexibility index (Phi) is 5.09. The summed E-state index contributed by atoms with van der Waals surface area (Å²) in [5, 5.41) is 2.93. The van der Waals surface area contributed by atoms with Crippen LogP contribution < -0.4 is 14.8 Å². The zero-order chi connectivity index (χ0) is 15.4. The van der Waals surface area contributed by atoms with Crippen molar-refractivity contribution in [2.45, 2.75) is 13.0 Å². The number of amides is 1. The van der Waals surface area contributed by atoms with Crippen LogP contribution in [0.1, 0.15) is 28.2 Å². The lowest BCUT2D eigenvalue weighted by Gasteiger charge is -2.13. The highest BCUT2D eigenvalue weighted by Gasteiger charge is 2.15. The first kappa shape index (κ1) is 15.7. The third-order valence-electron chi connectivity index (χ3n) is 3.01. The number of benzene rings is 1. The Bertz CT molecular complexity index is 642. The minimum Gasteiger partial charge on any atom is -0.493 e. The van der Waals surface area contributed by atoms with E-state index in [4.69, 9.17) is 21.1 Å². The molecule has 1 N–H and O–H groups in total. The van der Waals surface area contributed by atoms with Crippen molar-refractivity contribution in [1.82, 2.24) is 5.32 Å². The number of methoxy groups -OCH3 is 2. The minimum atomic E-state index is -0.173. The van der Waals surface area contributed by atoms with Gasteiger partial charge in [-0.3, -0.25) is 4.79 Å². The Balaban J connectivity index is 2.13. The summed E-state index contributed by atoms with van der Waals surface area (Å²) in [5.74, 6) is 0.942. The number of hydrogen-bond donors (Lipinski definition) is 1. The molecular weight excluding hydrogens is 310 g/mol. The Hall–Kier alpha value is -1.72. The first-order valence-corrected chi connectivity index (χ1v) is 7.52. The van der Waals surface area contributed by atoms with Crippen molar-refractivity contribution in [2.24, 2.45) is 0 Å². The molecule has 0 radical (unpaired) electrons. The summed E-state index contributed by atoms with van der Waals surface area (Å²) < 4.78 is 11.1. The SMILES string of the molecule is COc1ccc(C(=O)NC(C)c2ccc(Cl)s2)cc1OC. The maximum Gasteiger partial charge on any atom is 0.251 e. The van der Waals surface area contributed by atoms with Gasteiger partial charge < -0.3 is 14.8 Å². The van der Waals surface area contributed by atoms with Gasteiger partial charge in [0.2, 0.25) is 0 Å². The molecule has 2 aromatic rings. The summed E-state index contributed by atoms with van der Waals surface area (Å²) in [7, 11) is 3.09. The van der Waals surface area contributed by atoms with E-state index in [2.05, 4.69) is 5.32 Å². The third kappa shape index (κ3) is 3.68. The van der Waals surface area contributed by atoms with E-state index in [1.807, 2.05) is 19.1 Å². The fourth-order valence-corrected chi connectivity index (χ4v) is 2.95. The average Bonchev–Trinajstić information content (AvgIpc) is 2.93. The molecule has 2 rings (SSSR count). The van der Waals surface area contributed by atoms with Crippen LogP contribution in [0, 0.1) is 0 Å².